The lowest BCUT2D eigenvalue weighted by Crippen LogP contribution is -2.23. The summed E-state index contributed by atoms with van der Waals surface area (Å²) in [5.74, 6) is 4.34. The second-order valence-electron chi connectivity index (χ2n) is 37.9. The highest BCUT2D eigenvalue weighted by molar-refractivity contribution is 6.03. The molecule has 0 unspecified atom stereocenters. The fraction of sp³-hybridized carbons (Fsp3) is 0.541. The molecular formula is C122H174O22. The minimum atomic E-state index is -0.0156. The number of ketones is 22. The summed E-state index contributed by atoms with van der Waals surface area (Å²) in [6, 6.07) is 39.3. The summed E-state index contributed by atoms with van der Waals surface area (Å²) in [6.45, 7) is 34.8. The van der Waals surface area contributed by atoms with Crippen molar-refractivity contribution in [1.82, 2.24) is 0 Å². The third kappa shape index (κ3) is 84.8. The average Bonchev–Trinajstić information content (AvgIpc) is 0.806. The second kappa shape index (κ2) is 86.8. The van der Waals surface area contributed by atoms with Gasteiger partial charge in [0.2, 0.25) is 0 Å². The molecule has 794 valence electrons. The van der Waals surface area contributed by atoms with E-state index in [-0.39, 0.29) is 116 Å². The van der Waals surface area contributed by atoms with Gasteiger partial charge < -0.3 is 57.5 Å². The van der Waals surface area contributed by atoms with Gasteiger partial charge in [0.15, 0.2) is 46.3 Å². The second-order valence-corrected chi connectivity index (χ2v) is 37.9. The van der Waals surface area contributed by atoms with E-state index in [1.807, 2.05) is 72.8 Å². The van der Waals surface area contributed by atoms with Crippen LogP contribution >= 0.6 is 0 Å². The van der Waals surface area contributed by atoms with E-state index < -0.39 is 0 Å². The summed E-state index contributed by atoms with van der Waals surface area (Å²) in [6.07, 6.45) is 40.0. The van der Waals surface area contributed by atoms with Gasteiger partial charge in [0.1, 0.15) is 81.0 Å². The summed E-state index contributed by atoms with van der Waals surface area (Å²) in [5.41, 5.74) is 7.33. The lowest BCUT2D eigenvalue weighted by molar-refractivity contribution is -0.126. The Kier molecular flexibility index (Phi) is 83.5. The maximum Gasteiger partial charge on any atom is 0.159 e. The summed E-state index contributed by atoms with van der Waals surface area (Å²) in [7, 11) is 0. The Morgan fingerprint density at radius 1 is 0.160 bits per heavy atom. The fourth-order valence-corrected chi connectivity index (χ4v) is 14.3. The first-order valence-corrected chi connectivity index (χ1v) is 51.7. The number of Topliss-reactive ketones (excluding diaryl/α,β-unsaturated/α-hetero) is 22. The van der Waals surface area contributed by atoms with Crippen LogP contribution in [0.5, 0.6) is 0 Å². The Morgan fingerprint density at radius 3 is 0.458 bits per heavy atom. The van der Waals surface area contributed by atoms with Crippen molar-refractivity contribution in [3.63, 3.8) is 0 Å². The van der Waals surface area contributed by atoms with Crippen LogP contribution in [0.2, 0.25) is 0 Å². The number of hydrogen-bond donors (Lipinski definition) is 0. The molecule has 0 spiro atoms. The molecule has 1 aliphatic rings. The number of carbonyl (C=O) groups excluding carboxylic acids is 22. The Balaban J connectivity index is -0.000000752. The zero-order chi connectivity index (χ0) is 110. The minimum absolute atomic E-state index is 0.0156. The molecule has 0 aliphatic heterocycles. The number of carbonyl (C=O) groups is 22. The Labute approximate surface area is 861 Å². The molecule has 0 heterocycles. The molecule has 1 aliphatic carbocycles. The number of benzene rings is 6. The number of fused-ring (bicyclic) bond motifs is 1. The van der Waals surface area contributed by atoms with E-state index >= 15 is 0 Å². The molecule has 22 heteroatoms. The van der Waals surface area contributed by atoms with Crippen LogP contribution in [0.3, 0.4) is 0 Å². The normalized spacial score (nSPS) is 11.6. The average molecular weight is 1990 g/mol. The smallest absolute Gasteiger partial charge is 0.159 e. The van der Waals surface area contributed by atoms with E-state index in [2.05, 4.69) is 0 Å². The molecular weight excluding hydrogens is 1820 g/mol. The topological polar surface area (TPSA) is 376 Å². The predicted molar refractivity (Wildman–Crippen MR) is 579 cm³/mol. The molecule has 1 fully saturated rings. The third-order valence-corrected chi connectivity index (χ3v) is 23.2. The van der Waals surface area contributed by atoms with E-state index in [1.165, 1.54) is 79.1 Å². The molecule has 0 bridgehead atoms. The van der Waals surface area contributed by atoms with Crippen LogP contribution in [0, 0.1) is 11.8 Å². The van der Waals surface area contributed by atoms with Gasteiger partial charge in [0.05, 0.1) is 0 Å². The van der Waals surface area contributed by atoms with E-state index in [4.69, 9.17) is 0 Å². The van der Waals surface area contributed by atoms with E-state index in [0.29, 0.717) is 125 Å². The van der Waals surface area contributed by atoms with Gasteiger partial charge in [0, 0.05) is 133 Å². The summed E-state index contributed by atoms with van der Waals surface area (Å²) in [5, 5.41) is 1.97. The van der Waals surface area contributed by atoms with Gasteiger partial charge in [-0.2, -0.15) is 0 Å². The molecule has 0 saturated heterocycles. The highest BCUT2D eigenvalue weighted by atomic mass is 16.2. The first-order chi connectivity index (χ1) is 67.7. The molecule has 7 rings (SSSR count). The summed E-state index contributed by atoms with van der Waals surface area (Å²) >= 11 is 0. The summed E-state index contributed by atoms with van der Waals surface area (Å²) < 4.78 is 0. The number of rotatable bonds is 55. The van der Waals surface area contributed by atoms with E-state index in [9.17, 15) is 105 Å². The standard InChI is InChI=1S/C16H14O2.C14H12O2.C14H26O2.C12H22O2.C11H20O2.C10H16O2.2C10H10O2.C10H18O2.C8H14O2.C7H12O2/c1-11(17)13-3-7-15(8-4-13)16-9-5-14(6-10-16)12(2)18;1-9(15)11-3-5-14-8-12(10(2)16)4-6-13(14)7-11;1-13(15)11-9-7-5-3-4-6-8-10-12-14(2)16;1-11(13)9-7-5-3-4-6-8-10-12(2)14;1-10(12)8-6-4-3-5-7-9-11(2)13;2*1-7(11)9-3-5-10(6-4-9)8(2)12;1-7(11)9-4-3-5-10(6-9)8(2)12;1-9(11)7-5-3-4-6-8-10(2)12;1-7(9)5-3-4-6-8(2)10;1-6(8)4-3-5-7(2)9/h3-10H,1-2H3;3-8H,1-2H3;3-12H2,1-2H3;3-10H2,1-2H3;3-9H2,1-2H3;9-10H,3-6H2,1-2H3;2*3-6H,1-2H3;3-8H2,1-2H3;3-6H2,1-2H3;3-5H2,1-2H3. The van der Waals surface area contributed by atoms with Crippen molar-refractivity contribution >= 4 is 138 Å². The van der Waals surface area contributed by atoms with Gasteiger partial charge >= 0.3 is 0 Å². The molecule has 0 N–H and O–H groups in total. The van der Waals surface area contributed by atoms with Gasteiger partial charge in [0.25, 0.3) is 0 Å². The molecule has 0 amide bonds. The molecule has 0 atom stereocenters. The van der Waals surface area contributed by atoms with Crippen molar-refractivity contribution in [2.24, 2.45) is 11.8 Å². The van der Waals surface area contributed by atoms with E-state index in [1.54, 1.807) is 185 Å². The van der Waals surface area contributed by atoms with Gasteiger partial charge in [-0.05, 0) is 289 Å². The SMILES string of the molecule is CC(=O)C1CCC(C(C)=O)CC1.CC(=O)CCCC(C)=O.CC(=O)CCCCC(C)=O.CC(=O)CCCCCCC(C)=O.CC(=O)CCCCCCCC(C)=O.CC(=O)CCCCCCCCC(C)=O.CC(=O)CCCCCCCCCCC(C)=O.CC(=O)c1ccc(-c2ccc(C(C)=O)cc2)cc1.CC(=O)c1ccc(C(C)=O)cc1.CC(=O)c1ccc2cc(C(C)=O)ccc2c1.CC(=O)c1cccc(C(C)=O)c1. The number of hydrogen-bond acceptors (Lipinski definition) is 22. The Hall–Kier alpha value is -11.7. The first kappa shape index (κ1) is 139. The van der Waals surface area contributed by atoms with Crippen molar-refractivity contribution < 1.29 is 105 Å². The molecule has 22 nitrogen and oxygen atoms in total. The van der Waals surface area contributed by atoms with Crippen LogP contribution in [0.15, 0.2) is 133 Å². The molecule has 1 saturated carbocycles. The zero-order valence-corrected chi connectivity index (χ0v) is 91.5. The van der Waals surface area contributed by atoms with Crippen LogP contribution in [-0.2, 0) is 67.1 Å². The zero-order valence-electron chi connectivity index (χ0n) is 91.5. The molecule has 6 aromatic carbocycles. The predicted octanol–water partition coefficient (Wildman–Crippen LogP) is 29.0. The van der Waals surface area contributed by atoms with Crippen LogP contribution in [0.4, 0.5) is 0 Å². The first-order valence-electron chi connectivity index (χ1n) is 51.7. The van der Waals surface area contributed by atoms with Crippen LogP contribution in [0.1, 0.15) is 505 Å². The van der Waals surface area contributed by atoms with Crippen molar-refractivity contribution in [2.75, 3.05) is 0 Å². The maximum atomic E-state index is 11.2. The van der Waals surface area contributed by atoms with Crippen LogP contribution in [0.25, 0.3) is 21.9 Å². The van der Waals surface area contributed by atoms with E-state index in [0.717, 1.165) is 182 Å². The van der Waals surface area contributed by atoms with Gasteiger partial charge in [-0.1, -0.05) is 212 Å². The third-order valence-electron chi connectivity index (χ3n) is 23.2. The monoisotopic (exact) mass is 1990 g/mol. The maximum absolute atomic E-state index is 11.2. The Morgan fingerprint density at radius 2 is 0.299 bits per heavy atom. The van der Waals surface area contributed by atoms with Crippen molar-refractivity contribution in [2.45, 2.75) is 422 Å². The quantitative estimate of drug-likeness (QED) is 0.0253. The molecule has 144 heavy (non-hydrogen) atoms. The van der Waals surface area contributed by atoms with Crippen molar-refractivity contribution in [3.05, 3.63) is 178 Å². The highest BCUT2D eigenvalue weighted by Crippen LogP contribution is 2.30. The van der Waals surface area contributed by atoms with Crippen molar-refractivity contribution in [1.29, 1.82) is 0 Å². The number of unbranched alkanes of at least 4 members (excludes halogenated alkanes) is 20. The molecule has 0 radical (unpaired) electrons. The molecule has 6 aromatic rings. The van der Waals surface area contributed by atoms with Gasteiger partial charge in [-0.15, -0.1) is 0 Å². The molecule has 0 aromatic heterocycles. The minimum Gasteiger partial charge on any atom is -0.300 e. The van der Waals surface area contributed by atoms with Crippen LogP contribution in [-0.4, -0.2) is 127 Å². The van der Waals surface area contributed by atoms with Crippen molar-refractivity contribution in [3.8, 4) is 11.1 Å². The van der Waals surface area contributed by atoms with Crippen LogP contribution < -0.4 is 0 Å². The lowest BCUT2D eigenvalue weighted by atomic mass is 9.79. The summed E-state index contributed by atoms with van der Waals surface area (Å²) in [4.78, 5) is 236. The highest BCUT2D eigenvalue weighted by Gasteiger charge is 2.26. The van der Waals surface area contributed by atoms with Gasteiger partial charge in [-0.3, -0.25) is 47.9 Å². The fourth-order valence-electron chi connectivity index (χ4n) is 14.3. The Bertz CT molecular complexity index is 4650. The largest absolute Gasteiger partial charge is 0.300 e. The van der Waals surface area contributed by atoms with Gasteiger partial charge in [-0.25, -0.2) is 0 Å². The lowest BCUT2D eigenvalue weighted by Gasteiger charge is -2.24.